The number of aromatic amines is 1. The average Bonchev–Trinajstić information content (AvgIpc) is 3.54. The number of nitrogens with zero attached hydrogens (tertiary/aromatic N) is 2. The molecule has 4 heterocycles. The number of aromatic nitrogens is 2. The third-order valence-electron chi connectivity index (χ3n) is 7.30. The summed E-state index contributed by atoms with van der Waals surface area (Å²) in [5.74, 6) is -0.342. The van der Waals surface area contributed by atoms with E-state index in [4.69, 9.17) is 9.47 Å². The smallest absolute Gasteiger partial charge is 0.401 e. The minimum atomic E-state index is -4.28. The van der Waals surface area contributed by atoms with E-state index in [1.54, 1.807) is 18.3 Å². The second-order valence-electron chi connectivity index (χ2n) is 9.74. The quantitative estimate of drug-likeness (QED) is 0.369. The Bertz CT molecular complexity index is 1390. The second-order valence-corrected chi connectivity index (χ2v) is 9.74. The third-order valence-corrected chi connectivity index (χ3v) is 7.30. The Hall–Kier alpha value is -3.80. The van der Waals surface area contributed by atoms with E-state index in [1.807, 2.05) is 0 Å². The highest BCUT2D eigenvalue weighted by Crippen LogP contribution is 2.51. The molecule has 3 aromatic rings. The molecule has 2 aromatic heterocycles. The first kappa shape index (κ1) is 24.5. The number of carbonyl (C=O) groups is 1. The molecule has 2 aliphatic heterocycles. The zero-order valence-electron chi connectivity index (χ0n) is 20.4. The van der Waals surface area contributed by atoms with Gasteiger partial charge in [-0.1, -0.05) is 6.07 Å². The predicted octanol–water partition coefficient (Wildman–Crippen LogP) is 4.58. The lowest BCUT2D eigenvalue weighted by atomic mass is 10.0. The fourth-order valence-electron chi connectivity index (χ4n) is 5.23. The number of pyridine rings is 1. The number of ether oxygens (including phenoxy) is 2. The van der Waals surface area contributed by atoms with Gasteiger partial charge in [-0.3, -0.25) is 14.7 Å². The van der Waals surface area contributed by atoms with Crippen LogP contribution in [0.2, 0.25) is 0 Å². The summed E-state index contributed by atoms with van der Waals surface area (Å²) in [5.41, 5.74) is 3.04. The van der Waals surface area contributed by atoms with Gasteiger partial charge in [-0.2, -0.15) is 13.2 Å². The van der Waals surface area contributed by atoms with Crippen LogP contribution in [0, 0.1) is 5.82 Å². The van der Waals surface area contributed by atoms with Gasteiger partial charge in [0.1, 0.15) is 12.4 Å². The molecule has 8 nitrogen and oxygen atoms in total. The molecule has 0 bridgehead atoms. The maximum Gasteiger partial charge on any atom is 0.401 e. The molecule has 0 unspecified atom stereocenters. The van der Waals surface area contributed by atoms with Gasteiger partial charge < -0.3 is 25.1 Å². The Morgan fingerprint density at radius 1 is 1.26 bits per heavy atom. The standard InChI is InChI=1S/C26H25F4N5O3/c1-37-24-16(27)3-2-4-17(24)32-23-20-21(15-9-18(15)33-25(20)36)34-22(23)14-5-7-31-10-19(14)38-11-13-6-8-35(13)12-26(28,29)30/h2-5,7,10,13,15,18,32,34H,6,8-9,11-12H2,1H3,(H,33,36)/t13-,15-,18+/m0/s1. The van der Waals surface area contributed by atoms with Crippen molar-refractivity contribution in [2.45, 2.75) is 37.0 Å². The first-order chi connectivity index (χ1) is 18.2. The first-order valence-electron chi connectivity index (χ1n) is 12.3. The molecule has 6 rings (SSSR count). The number of H-pyrrole nitrogens is 1. The number of likely N-dealkylation sites (tertiary alicyclic amines) is 1. The molecule has 200 valence electrons. The topological polar surface area (TPSA) is 91.5 Å². The van der Waals surface area contributed by atoms with Gasteiger partial charge in [0.2, 0.25) is 0 Å². The van der Waals surface area contributed by atoms with Crippen molar-refractivity contribution in [3.63, 3.8) is 0 Å². The van der Waals surface area contributed by atoms with Crippen LogP contribution in [0.4, 0.5) is 28.9 Å². The van der Waals surface area contributed by atoms with Gasteiger partial charge >= 0.3 is 6.18 Å². The molecular formula is C26H25F4N5O3. The largest absolute Gasteiger partial charge is 0.492 e. The highest BCUT2D eigenvalue weighted by atomic mass is 19.4. The summed E-state index contributed by atoms with van der Waals surface area (Å²) in [5, 5.41) is 6.18. The van der Waals surface area contributed by atoms with E-state index in [9.17, 15) is 22.4 Å². The number of hydrogen-bond donors (Lipinski definition) is 3. The normalized spacial score (nSPS) is 22.1. The summed E-state index contributed by atoms with van der Waals surface area (Å²) in [6, 6.07) is 5.84. The Morgan fingerprint density at radius 2 is 2.11 bits per heavy atom. The molecule has 1 saturated heterocycles. The zero-order chi connectivity index (χ0) is 26.6. The number of alkyl halides is 3. The van der Waals surface area contributed by atoms with E-state index in [-0.39, 0.29) is 36.3 Å². The SMILES string of the molecule is COc1c(F)cccc1Nc1c(-c2ccncc2OC[C@@H]2CCN2CC(F)(F)F)[nH]c2c1C(=O)N[C@@H]1C[C@H]21. The van der Waals surface area contributed by atoms with Gasteiger partial charge in [-0.15, -0.1) is 0 Å². The van der Waals surface area contributed by atoms with Crippen molar-refractivity contribution in [3.8, 4) is 22.8 Å². The molecule has 38 heavy (non-hydrogen) atoms. The number of methoxy groups -OCH3 is 1. The summed E-state index contributed by atoms with van der Waals surface area (Å²) in [7, 11) is 1.36. The fraction of sp³-hybridized carbons (Fsp3) is 0.385. The Labute approximate surface area is 215 Å². The lowest BCUT2D eigenvalue weighted by Crippen LogP contribution is -2.54. The summed E-state index contributed by atoms with van der Waals surface area (Å²) in [4.78, 5) is 21.9. The second kappa shape index (κ2) is 9.19. The van der Waals surface area contributed by atoms with Gasteiger partial charge in [-0.25, -0.2) is 4.39 Å². The van der Waals surface area contributed by atoms with E-state index in [0.29, 0.717) is 46.9 Å². The predicted molar refractivity (Wildman–Crippen MR) is 130 cm³/mol. The minimum absolute atomic E-state index is 0.00476. The van der Waals surface area contributed by atoms with Crippen molar-refractivity contribution in [2.75, 3.05) is 32.1 Å². The molecule has 1 aromatic carbocycles. The molecule has 0 radical (unpaired) electrons. The summed E-state index contributed by atoms with van der Waals surface area (Å²) in [6.45, 7) is -0.565. The monoisotopic (exact) mass is 531 g/mol. The molecular weight excluding hydrogens is 506 g/mol. The summed E-state index contributed by atoms with van der Waals surface area (Å²) >= 11 is 0. The van der Waals surface area contributed by atoms with Crippen LogP contribution in [-0.2, 0) is 0 Å². The van der Waals surface area contributed by atoms with Gasteiger partial charge in [0, 0.05) is 42.0 Å². The Balaban J connectivity index is 1.36. The van der Waals surface area contributed by atoms with E-state index in [0.717, 1.165) is 12.1 Å². The van der Waals surface area contributed by atoms with Crippen LogP contribution in [0.1, 0.15) is 34.8 Å². The first-order valence-corrected chi connectivity index (χ1v) is 12.3. The van der Waals surface area contributed by atoms with Crippen molar-refractivity contribution in [3.05, 3.63) is 53.7 Å². The number of benzene rings is 1. The summed E-state index contributed by atoms with van der Waals surface area (Å²) < 4.78 is 64.3. The van der Waals surface area contributed by atoms with Crippen LogP contribution < -0.4 is 20.1 Å². The number of fused-ring (bicyclic) bond motifs is 3. The Morgan fingerprint density at radius 3 is 2.84 bits per heavy atom. The molecule has 12 heteroatoms. The lowest BCUT2D eigenvalue weighted by Gasteiger charge is -2.40. The van der Waals surface area contributed by atoms with Crippen molar-refractivity contribution < 1.29 is 31.8 Å². The maximum absolute atomic E-state index is 14.4. The number of halogens is 4. The molecule has 3 N–H and O–H groups in total. The van der Waals surface area contributed by atoms with E-state index < -0.39 is 18.5 Å². The third kappa shape index (κ3) is 4.42. The number of nitrogens with one attached hydrogen (secondary N) is 3. The number of rotatable bonds is 8. The van der Waals surface area contributed by atoms with Crippen LogP contribution in [0.5, 0.6) is 11.5 Å². The minimum Gasteiger partial charge on any atom is -0.492 e. The average molecular weight is 532 g/mol. The van der Waals surface area contributed by atoms with Crippen LogP contribution in [0.25, 0.3) is 11.3 Å². The highest BCUT2D eigenvalue weighted by Gasteiger charge is 2.48. The zero-order valence-corrected chi connectivity index (χ0v) is 20.4. The molecule has 1 amide bonds. The van der Waals surface area contributed by atoms with E-state index >= 15 is 0 Å². The maximum atomic E-state index is 14.4. The van der Waals surface area contributed by atoms with Crippen molar-refractivity contribution >= 4 is 17.3 Å². The van der Waals surface area contributed by atoms with Crippen LogP contribution >= 0.6 is 0 Å². The number of anilines is 2. The number of amides is 1. The summed E-state index contributed by atoms with van der Waals surface area (Å²) in [6.07, 6.45) is 0.180. The number of hydrogen-bond acceptors (Lipinski definition) is 6. The lowest BCUT2D eigenvalue weighted by molar-refractivity contribution is -0.163. The Kier molecular flexibility index (Phi) is 5.93. The van der Waals surface area contributed by atoms with Crippen molar-refractivity contribution in [2.24, 2.45) is 0 Å². The highest BCUT2D eigenvalue weighted by molar-refractivity contribution is 6.07. The van der Waals surface area contributed by atoms with Crippen LogP contribution in [0.3, 0.4) is 0 Å². The molecule has 1 aliphatic carbocycles. The van der Waals surface area contributed by atoms with Gasteiger partial charge in [0.25, 0.3) is 5.91 Å². The fourth-order valence-corrected chi connectivity index (χ4v) is 5.23. The number of carbonyl (C=O) groups excluding carboxylic acids is 1. The van der Waals surface area contributed by atoms with Gasteiger partial charge in [0.15, 0.2) is 11.6 Å². The molecule has 0 spiro atoms. The van der Waals surface area contributed by atoms with Crippen LogP contribution in [0.15, 0.2) is 36.7 Å². The van der Waals surface area contributed by atoms with Crippen LogP contribution in [-0.4, -0.2) is 65.8 Å². The van der Waals surface area contributed by atoms with E-state index in [2.05, 4.69) is 20.6 Å². The van der Waals surface area contributed by atoms with E-state index in [1.165, 1.54) is 30.3 Å². The van der Waals surface area contributed by atoms with Crippen molar-refractivity contribution in [1.82, 2.24) is 20.2 Å². The molecule has 1 saturated carbocycles. The van der Waals surface area contributed by atoms with Gasteiger partial charge in [-0.05, 0) is 31.0 Å². The van der Waals surface area contributed by atoms with Crippen molar-refractivity contribution in [1.29, 1.82) is 0 Å². The molecule has 3 aliphatic rings. The number of para-hydroxylation sites is 1. The van der Waals surface area contributed by atoms with Gasteiger partial charge in [0.05, 0.1) is 42.5 Å². The molecule has 3 atom stereocenters. The molecule has 2 fully saturated rings.